The second-order valence-electron chi connectivity index (χ2n) is 5.05. The van der Waals surface area contributed by atoms with Crippen molar-refractivity contribution in [2.24, 2.45) is 0 Å². The Morgan fingerprint density at radius 2 is 2.19 bits per heavy atom. The van der Waals surface area contributed by atoms with Gasteiger partial charge >= 0.3 is 0 Å². The summed E-state index contributed by atoms with van der Waals surface area (Å²) in [5.41, 5.74) is 8.48. The topological polar surface area (TPSA) is 98.2 Å². The molecule has 0 amide bonds. The molecule has 2 aromatic rings. The lowest BCUT2D eigenvalue weighted by Crippen LogP contribution is -2.31. The molecule has 7 nitrogen and oxygen atoms in total. The molecule has 0 radical (unpaired) electrons. The standard InChI is InChI=1S/C14H15N5O2/c15-14-16-7-11-9-18(6-5-12(11)17-14)8-10-3-1-2-4-13(10)19(20)21/h1-4,7H,5-6,8-9H2,(H2,15,16,17). The molecule has 0 spiro atoms. The van der Waals surface area contributed by atoms with Crippen molar-refractivity contribution in [3.8, 4) is 0 Å². The Morgan fingerprint density at radius 1 is 1.38 bits per heavy atom. The number of para-hydroxylation sites is 1. The molecule has 1 aromatic carbocycles. The number of fused-ring (bicyclic) bond motifs is 1. The van der Waals surface area contributed by atoms with E-state index in [0.29, 0.717) is 19.0 Å². The number of rotatable bonds is 3. The summed E-state index contributed by atoms with van der Waals surface area (Å²) in [5, 5.41) is 11.1. The van der Waals surface area contributed by atoms with E-state index in [1.54, 1.807) is 18.3 Å². The SMILES string of the molecule is Nc1ncc2c(n1)CCN(Cc1ccccc1[N+](=O)[O-])C2. The molecule has 0 atom stereocenters. The van der Waals surface area contributed by atoms with Gasteiger partial charge in [-0.05, 0) is 0 Å². The normalized spacial score (nSPS) is 14.7. The van der Waals surface area contributed by atoms with Gasteiger partial charge in [-0.25, -0.2) is 9.97 Å². The molecule has 2 N–H and O–H groups in total. The minimum Gasteiger partial charge on any atom is -0.368 e. The molecule has 1 aromatic heterocycles. The van der Waals surface area contributed by atoms with Crippen LogP contribution >= 0.6 is 0 Å². The van der Waals surface area contributed by atoms with E-state index in [0.717, 1.165) is 29.8 Å². The van der Waals surface area contributed by atoms with Gasteiger partial charge in [0.15, 0.2) is 0 Å². The highest BCUT2D eigenvalue weighted by molar-refractivity contribution is 5.40. The highest BCUT2D eigenvalue weighted by Crippen LogP contribution is 2.23. The molecular formula is C14H15N5O2. The minimum atomic E-state index is -0.336. The zero-order chi connectivity index (χ0) is 14.8. The van der Waals surface area contributed by atoms with Crippen LogP contribution in [0.15, 0.2) is 30.5 Å². The molecule has 1 aliphatic heterocycles. The summed E-state index contributed by atoms with van der Waals surface area (Å²) in [4.78, 5) is 21.1. The van der Waals surface area contributed by atoms with E-state index < -0.39 is 0 Å². The first-order valence-electron chi connectivity index (χ1n) is 6.68. The second-order valence-corrected chi connectivity index (χ2v) is 5.05. The Labute approximate surface area is 121 Å². The van der Waals surface area contributed by atoms with Gasteiger partial charge in [0.25, 0.3) is 5.69 Å². The first-order valence-corrected chi connectivity index (χ1v) is 6.68. The second kappa shape index (κ2) is 5.45. The summed E-state index contributed by atoms with van der Waals surface area (Å²) < 4.78 is 0. The van der Waals surface area contributed by atoms with Crippen LogP contribution in [-0.2, 0) is 19.5 Å². The largest absolute Gasteiger partial charge is 0.368 e. The van der Waals surface area contributed by atoms with Crippen LogP contribution in [0.1, 0.15) is 16.8 Å². The first kappa shape index (κ1) is 13.4. The minimum absolute atomic E-state index is 0.164. The van der Waals surface area contributed by atoms with Gasteiger partial charge in [0, 0.05) is 49.4 Å². The molecule has 0 unspecified atom stereocenters. The molecule has 0 saturated heterocycles. The van der Waals surface area contributed by atoms with Crippen LogP contribution in [-0.4, -0.2) is 26.3 Å². The van der Waals surface area contributed by atoms with Gasteiger partial charge in [-0.3, -0.25) is 15.0 Å². The summed E-state index contributed by atoms with van der Waals surface area (Å²) in [6.45, 7) is 2.03. The van der Waals surface area contributed by atoms with Crippen molar-refractivity contribution in [2.75, 3.05) is 12.3 Å². The average Bonchev–Trinajstić information content (AvgIpc) is 2.48. The van der Waals surface area contributed by atoms with Gasteiger partial charge in [-0.15, -0.1) is 0 Å². The lowest BCUT2D eigenvalue weighted by Gasteiger charge is -2.27. The first-order chi connectivity index (χ1) is 10.1. The van der Waals surface area contributed by atoms with Crippen molar-refractivity contribution in [1.29, 1.82) is 0 Å². The third-order valence-electron chi connectivity index (χ3n) is 3.61. The number of nitrogens with two attached hydrogens (primary N) is 1. The van der Waals surface area contributed by atoms with Crippen LogP contribution in [0.3, 0.4) is 0 Å². The summed E-state index contributed by atoms with van der Waals surface area (Å²) in [6.07, 6.45) is 2.52. The van der Waals surface area contributed by atoms with Gasteiger partial charge in [0.2, 0.25) is 5.95 Å². The van der Waals surface area contributed by atoms with Crippen LogP contribution in [0.5, 0.6) is 0 Å². The van der Waals surface area contributed by atoms with E-state index in [4.69, 9.17) is 5.73 Å². The van der Waals surface area contributed by atoms with Gasteiger partial charge in [-0.1, -0.05) is 18.2 Å². The zero-order valence-corrected chi connectivity index (χ0v) is 11.4. The third-order valence-corrected chi connectivity index (χ3v) is 3.61. The van der Waals surface area contributed by atoms with Crippen molar-refractivity contribution in [3.63, 3.8) is 0 Å². The summed E-state index contributed by atoms with van der Waals surface area (Å²) in [6, 6.07) is 6.85. The smallest absolute Gasteiger partial charge is 0.273 e. The van der Waals surface area contributed by atoms with Crippen LogP contribution in [0.4, 0.5) is 11.6 Å². The molecule has 3 rings (SSSR count). The maximum absolute atomic E-state index is 11.1. The van der Waals surface area contributed by atoms with Gasteiger partial charge in [0.1, 0.15) is 0 Å². The van der Waals surface area contributed by atoms with E-state index in [-0.39, 0.29) is 10.6 Å². The number of nitro benzene ring substituents is 1. The molecule has 7 heteroatoms. The Balaban J connectivity index is 1.79. The Hall–Kier alpha value is -2.54. The van der Waals surface area contributed by atoms with Crippen LogP contribution < -0.4 is 5.73 Å². The van der Waals surface area contributed by atoms with Gasteiger partial charge in [-0.2, -0.15) is 0 Å². The number of nitro groups is 1. The zero-order valence-electron chi connectivity index (χ0n) is 11.4. The highest BCUT2D eigenvalue weighted by atomic mass is 16.6. The number of aromatic nitrogens is 2. The van der Waals surface area contributed by atoms with E-state index in [2.05, 4.69) is 14.9 Å². The lowest BCUT2D eigenvalue weighted by molar-refractivity contribution is -0.385. The summed E-state index contributed by atoms with van der Waals surface area (Å²) >= 11 is 0. The van der Waals surface area contributed by atoms with E-state index in [1.807, 2.05) is 6.07 Å². The van der Waals surface area contributed by atoms with Crippen molar-refractivity contribution in [3.05, 3.63) is 57.4 Å². The fraction of sp³-hybridized carbons (Fsp3) is 0.286. The average molecular weight is 285 g/mol. The monoisotopic (exact) mass is 285 g/mol. The lowest BCUT2D eigenvalue weighted by atomic mass is 10.1. The van der Waals surface area contributed by atoms with Crippen molar-refractivity contribution in [1.82, 2.24) is 14.9 Å². The summed E-state index contributed by atoms with van der Waals surface area (Å²) in [7, 11) is 0. The number of nitrogens with zero attached hydrogens (tertiary/aromatic N) is 4. The molecule has 0 aliphatic carbocycles. The predicted octanol–water partition coefficient (Wildman–Crippen LogP) is 1.53. The van der Waals surface area contributed by atoms with Crippen LogP contribution in [0.2, 0.25) is 0 Å². The fourth-order valence-electron chi connectivity index (χ4n) is 2.59. The Bertz CT molecular complexity index is 689. The number of nitrogen functional groups attached to an aromatic ring is 1. The Morgan fingerprint density at radius 3 is 3.00 bits per heavy atom. The van der Waals surface area contributed by atoms with Gasteiger partial charge in [0.05, 0.1) is 10.6 Å². The van der Waals surface area contributed by atoms with Crippen LogP contribution in [0, 0.1) is 10.1 Å². The third kappa shape index (κ3) is 2.82. The fourth-order valence-corrected chi connectivity index (χ4v) is 2.59. The van der Waals surface area contributed by atoms with Crippen LogP contribution in [0.25, 0.3) is 0 Å². The van der Waals surface area contributed by atoms with Gasteiger partial charge < -0.3 is 5.73 Å². The van der Waals surface area contributed by atoms with E-state index in [9.17, 15) is 10.1 Å². The number of benzene rings is 1. The van der Waals surface area contributed by atoms with E-state index >= 15 is 0 Å². The molecule has 0 bridgehead atoms. The summed E-state index contributed by atoms with van der Waals surface area (Å²) in [5.74, 6) is 0.292. The number of anilines is 1. The molecule has 21 heavy (non-hydrogen) atoms. The van der Waals surface area contributed by atoms with Crippen molar-refractivity contribution >= 4 is 11.6 Å². The molecule has 2 heterocycles. The highest BCUT2D eigenvalue weighted by Gasteiger charge is 2.21. The molecular weight excluding hydrogens is 270 g/mol. The van der Waals surface area contributed by atoms with E-state index in [1.165, 1.54) is 6.07 Å². The molecule has 0 fully saturated rings. The number of hydrogen-bond acceptors (Lipinski definition) is 6. The number of hydrogen-bond donors (Lipinski definition) is 1. The maximum atomic E-state index is 11.1. The molecule has 0 saturated carbocycles. The maximum Gasteiger partial charge on any atom is 0.273 e. The Kier molecular flexibility index (Phi) is 3.49. The molecule has 108 valence electrons. The van der Waals surface area contributed by atoms with Crippen molar-refractivity contribution in [2.45, 2.75) is 19.5 Å². The quantitative estimate of drug-likeness (QED) is 0.678. The van der Waals surface area contributed by atoms with Crippen molar-refractivity contribution < 1.29 is 4.92 Å². The molecule has 1 aliphatic rings. The predicted molar refractivity (Wildman–Crippen MR) is 77.4 cm³/mol.